The number of hydrogen-bond donors (Lipinski definition) is 1. The molecule has 0 aliphatic rings. The largest absolute Gasteiger partial charge is 0.449 e. The zero-order chi connectivity index (χ0) is 20.5. The van der Waals surface area contributed by atoms with E-state index in [0.29, 0.717) is 18.8 Å². The van der Waals surface area contributed by atoms with Crippen LogP contribution in [0.4, 0.5) is 5.69 Å². The van der Waals surface area contributed by atoms with Crippen LogP contribution in [0.3, 0.4) is 0 Å². The number of carbonyl (C=O) groups excluding carboxylic acids is 3. The van der Waals surface area contributed by atoms with Gasteiger partial charge in [0.05, 0.1) is 17.7 Å². The van der Waals surface area contributed by atoms with E-state index in [1.165, 1.54) is 25.0 Å². The lowest BCUT2D eigenvalue weighted by atomic mass is 10.1. The normalized spacial score (nSPS) is 11.4. The molecular weight excluding hydrogens is 360 g/mol. The summed E-state index contributed by atoms with van der Waals surface area (Å²) in [5.74, 6) is -1.52. The van der Waals surface area contributed by atoms with Crippen molar-refractivity contribution in [2.24, 2.45) is 0 Å². The molecule has 2 aromatic carbocycles. The standard InChI is InChI=1S/C21H24N2O5/c1-15(19(24)22-13-14-27-3)28-21(26)18-12-8-7-11-17(18)20(25)23(2)16-9-5-4-6-10-16/h4-12,15H,13-14H2,1-3H3,(H,22,24)/t15-/m0/s1. The maximum Gasteiger partial charge on any atom is 0.339 e. The Kier molecular flexibility index (Phi) is 7.71. The van der Waals surface area contributed by atoms with Gasteiger partial charge in [-0.3, -0.25) is 9.59 Å². The molecular formula is C21H24N2O5. The fourth-order valence-corrected chi connectivity index (χ4v) is 2.49. The molecule has 0 heterocycles. The molecule has 0 spiro atoms. The average molecular weight is 384 g/mol. The molecule has 28 heavy (non-hydrogen) atoms. The highest BCUT2D eigenvalue weighted by Crippen LogP contribution is 2.18. The Balaban J connectivity index is 2.13. The van der Waals surface area contributed by atoms with Crippen LogP contribution in [0.1, 0.15) is 27.6 Å². The van der Waals surface area contributed by atoms with Crippen LogP contribution in [0.5, 0.6) is 0 Å². The van der Waals surface area contributed by atoms with Crippen LogP contribution < -0.4 is 10.2 Å². The third-order valence-corrected chi connectivity index (χ3v) is 4.08. The SMILES string of the molecule is COCCNC(=O)[C@H](C)OC(=O)c1ccccc1C(=O)N(C)c1ccccc1. The fourth-order valence-electron chi connectivity index (χ4n) is 2.49. The molecule has 0 saturated heterocycles. The van der Waals surface area contributed by atoms with Crippen molar-refractivity contribution >= 4 is 23.5 Å². The van der Waals surface area contributed by atoms with Crippen molar-refractivity contribution < 1.29 is 23.9 Å². The van der Waals surface area contributed by atoms with Crippen LogP contribution in [-0.2, 0) is 14.3 Å². The molecule has 0 aliphatic carbocycles. The van der Waals surface area contributed by atoms with Crippen molar-refractivity contribution in [3.63, 3.8) is 0 Å². The first-order chi connectivity index (χ1) is 13.5. The summed E-state index contributed by atoms with van der Waals surface area (Å²) in [6.07, 6.45) is -1.00. The van der Waals surface area contributed by atoms with E-state index < -0.39 is 18.0 Å². The van der Waals surface area contributed by atoms with E-state index in [-0.39, 0.29) is 17.0 Å². The Morgan fingerprint density at radius 1 is 1.00 bits per heavy atom. The first kappa shape index (κ1) is 21.1. The van der Waals surface area contributed by atoms with Crippen molar-refractivity contribution in [1.29, 1.82) is 0 Å². The predicted molar refractivity (Wildman–Crippen MR) is 105 cm³/mol. The summed E-state index contributed by atoms with van der Waals surface area (Å²) in [6, 6.07) is 15.5. The summed E-state index contributed by atoms with van der Waals surface area (Å²) >= 11 is 0. The molecule has 0 radical (unpaired) electrons. The van der Waals surface area contributed by atoms with Crippen LogP contribution in [0.25, 0.3) is 0 Å². The minimum absolute atomic E-state index is 0.104. The molecule has 0 aliphatic heterocycles. The molecule has 0 aromatic heterocycles. The number of rotatable bonds is 8. The van der Waals surface area contributed by atoms with Gasteiger partial charge in [-0.2, -0.15) is 0 Å². The Morgan fingerprint density at radius 3 is 2.25 bits per heavy atom. The molecule has 0 unspecified atom stereocenters. The number of carbonyl (C=O) groups is 3. The molecule has 2 amide bonds. The zero-order valence-corrected chi connectivity index (χ0v) is 16.2. The average Bonchev–Trinajstić information content (AvgIpc) is 2.73. The maximum absolute atomic E-state index is 12.9. The molecule has 2 aromatic rings. The fraction of sp³-hybridized carbons (Fsp3) is 0.286. The van der Waals surface area contributed by atoms with Gasteiger partial charge in [0.15, 0.2) is 6.10 Å². The van der Waals surface area contributed by atoms with Gasteiger partial charge in [0.2, 0.25) is 0 Å². The van der Waals surface area contributed by atoms with Gasteiger partial charge in [0.1, 0.15) is 0 Å². The summed E-state index contributed by atoms with van der Waals surface area (Å²) in [6.45, 7) is 2.14. The van der Waals surface area contributed by atoms with Crippen molar-refractivity contribution in [2.45, 2.75) is 13.0 Å². The van der Waals surface area contributed by atoms with Crippen molar-refractivity contribution in [1.82, 2.24) is 5.32 Å². The smallest absolute Gasteiger partial charge is 0.339 e. The third-order valence-electron chi connectivity index (χ3n) is 4.08. The van der Waals surface area contributed by atoms with Crippen LogP contribution in [0, 0.1) is 0 Å². The molecule has 148 valence electrons. The number of methoxy groups -OCH3 is 1. The van der Waals surface area contributed by atoms with Crippen LogP contribution in [0.2, 0.25) is 0 Å². The Hall–Kier alpha value is -3.19. The first-order valence-electron chi connectivity index (χ1n) is 8.85. The van der Waals surface area contributed by atoms with Gasteiger partial charge in [-0.1, -0.05) is 30.3 Å². The Morgan fingerprint density at radius 2 is 1.61 bits per heavy atom. The summed E-state index contributed by atoms with van der Waals surface area (Å²) in [5.41, 5.74) is 0.999. The van der Waals surface area contributed by atoms with E-state index in [9.17, 15) is 14.4 Å². The maximum atomic E-state index is 12.9. The number of benzene rings is 2. The minimum Gasteiger partial charge on any atom is -0.449 e. The Labute approximate surface area is 164 Å². The summed E-state index contributed by atoms with van der Waals surface area (Å²) in [5, 5.41) is 2.60. The zero-order valence-electron chi connectivity index (χ0n) is 16.2. The number of nitrogens with one attached hydrogen (secondary N) is 1. The second-order valence-electron chi connectivity index (χ2n) is 6.08. The van der Waals surface area contributed by atoms with E-state index in [2.05, 4.69) is 5.32 Å². The van der Waals surface area contributed by atoms with Gasteiger partial charge in [-0.25, -0.2) is 4.79 Å². The summed E-state index contributed by atoms with van der Waals surface area (Å²) in [4.78, 5) is 38.9. The lowest BCUT2D eigenvalue weighted by molar-refractivity contribution is -0.129. The molecule has 1 atom stereocenters. The molecule has 1 N–H and O–H groups in total. The second kappa shape index (κ2) is 10.2. The molecule has 0 bridgehead atoms. The number of amides is 2. The highest BCUT2D eigenvalue weighted by molar-refractivity contribution is 6.12. The lowest BCUT2D eigenvalue weighted by Gasteiger charge is -2.19. The van der Waals surface area contributed by atoms with Crippen LogP contribution in [-0.4, -0.2) is 51.2 Å². The molecule has 7 nitrogen and oxygen atoms in total. The van der Waals surface area contributed by atoms with Gasteiger partial charge in [-0.15, -0.1) is 0 Å². The highest BCUT2D eigenvalue weighted by Gasteiger charge is 2.24. The number of para-hydroxylation sites is 1. The number of anilines is 1. The number of ether oxygens (including phenoxy) is 2. The molecule has 0 saturated carbocycles. The number of esters is 1. The minimum atomic E-state index is -1.00. The van der Waals surface area contributed by atoms with Crippen molar-refractivity contribution in [3.05, 3.63) is 65.7 Å². The van der Waals surface area contributed by atoms with Crippen LogP contribution >= 0.6 is 0 Å². The lowest BCUT2D eigenvalue weighted by Crippen LogP contribution is -2.37. The van der Waals surface area contributed by atoms with Gasteiger partial charge in [0, 0.05) is 26.4 Å². The summed E-state index contributed by atoms with van der Waals surface area (Å²) in [7, 11) is 3.15. The number of nitrogens with zero attached hydrogens (tertiary/aromatic N) is 1. The third kappa shape index (κ3) is 5.40. The van der Waals surface area contributed by atoms with E-state index >= 15 is 0 Å². The number of hydrogen-bond acceptors (Lipinski definition) is 5. The van der Waals surface area contributed by atoms with E-state index in [1.54, 1.807) is 37.4 Å². The van der Waals surface area contributed by atoms with Gasteiger partial charge in [-0.05, 0) is 31.2 Å². The van der Waals surface area contributed by atoms with Crippen molar-refractivity contribution in [3.8, 4) is 0 Å². The topological polar surface area (TPSA) is 84.9 Å². The van der Waals surface area contributed by atoms with Gasteiger partial charge < -0.3 is 19.7 Å². The Bertz CT molecular complexity index is 823. The van der Waals surface area contributed by atoms with Gasteiger partial charge in [0.25, 0.3) is 11.8 Å². The first-order valence-corrected chi connectivity index (χ1v) is 8.85. The van der Waals surface area contributed by atoms with E-state index in [4.69, 9.17) is 9.47 Å². The molecule has 7 heteroatoms. The predicted octanol–water partition coefficient (Wildman–Crippen LogP) is 2.27. The highest BCUT2D eigenvalue weighted by atomic mass is 16.5. The summed E-state index contributed by atoms with van der Waals surface area (Å²) < 4.78 is 10.1. The van der Waals surface area contributed by atoms with E-state index in [1.807, 2.05) is 18.2 Å². The molecule has 2 rings (SSSR count). The van der Waals surface area contributed by atoms with Crippen LogP contribution in [0.15, 0.2) is 54.6 Å². The second-order valence-corrected chi connectivity index (χ2v) is 6.08. The van der Waals surface area contributed by atoms with Crippen molar-refractivity contribution in [2.75, 3.05) is 32.2 Å². The quantitative estimate of drug-likeness (QED) is 0.557. The molecule has 0 fully saturated rings. The van der Waals surface area contributed by atoms with Gasteiger partial charge >= 0.3 is 5.97 Å². The monoisotopic (exact) mass is 384 g/mol. The van der Waals surface area contributed by atoms with E-state index in [0.717, 1.165) is 0 Å².